The summed E-state index contributed by atoms with van der Waals surface area (Å²) in [5.74, 6) is 0.512. The molecule has 6 heteroatoms. The van der Waals surface area contributed by atoms with E-state index in [4.69, 9.17) is 4.74 Å². The summed E-state index contributed by atoms with van der Waals surface area (Å²) in [4.78, 5) is 20.9. The molecule has 100 valence electrons. The Morgan fingerprint density at radius 3 is 3.00 bits per heavy atom. The zero-order valence-corrected chi connectivity index (χ0v) is 11.7. The van der Waals surface area contributed by atoms with Gasteiger partial charge in [-0.1, -0.05) is 6.07 Å². The van der Waals surface area contributed by atoms with Crippen molar-refractivity contribution in [1.82, 2.24) is 9.97 Å². The lowest BCUT2D eigenvalue weighted by Gasteiger charge is -2.00. The summed E-state index contributed by atoms with van der Waals surface area (Å²) in [6.07, 6.45) is 1.98. The fraction of sp³-hybridized carbons (Fsp3) is 0.308. The summed E-state index contributed by atoms with van der Waals surface area (Å²) in [5, 5.41) is 3.85. The number of carbonyl (C=O) groups is 1. The fourth-order valence-corrected chi connectivity index (χ4v) is 2.49. The van der Waals surface area contributed by atoms with E-state index in [0.29, 0.717) is 6.61 Å². The van der Waals surface area contributed by atoms with Crippen LogP contribution in [0.3, 0.4) is 0 Å². The van der Waals surface area contributed by atoms with Crippen molar-refractivity contribution in [1.29, 1.82) is 0 Å². The fourth-order valence-electron chi connectivity index (χ4n) is 1.53. The number of nitrogens with one attached hydrogen (secondary N) is 1. The third-order valence-electron chi connectivity index (χ3n) is 2.40. The van der Waals surface area contributed by atoms with E-state index < -0.39 is 0 Å². The Bertz CT molecular complexity index is 554. The maximum Gasteiger partial charge on any atom is 0.311 e. The molecule has 0 spiro atoms. The highest BCUT2D eigenvalue weighted by molar-refractivity contribution is 7.15. The van der Waals surface area contributed by atoms with Gasteiger partial charge >= 0.3 is 5.97 Å². The molecular weight excluding hydrogens is 262 g/mol. The first-order chi connectivity index (χ1) is 9.19. The SMILES string of the molecule is CCOC(=O)Cc1sc(Nc2ccccn2)nc1C. The van der Waals surface area contributed by atoms with Gasteiger partial charge in [-0.05, 0) is 26.0 Å². The van der Waals surface area contributed by atoms with Crippen molar-refractivity contribution in [2.24, 2.45) is 0 Å². The van der Waals surface area contributed by atoms with E-state index >= 15 is 0 Å². The van der Waals surface area contributed by atoms with Gasteiger partial charge in [0.25, 0.3) is 0 Å². The Morgan fingerprint density at radius 1 is 1.47 bits per heavy atom. The summed E-state index contributed by atoms with van der Waals surface area (Å²) in [7, 11) is 0. The molecule has 2 rings (SSSR count). The Hall–Kier alpha value is -1.95. The van der Waals surface area contributed by atoms with Crippen LogP contribution in [0.15, 0.2) is 24.4 Å². The van der Waals surface area contributed by atoms with Crippen LogP contribution in [0.1, 0.15) is 17.5 Å². The average molecular weight is 277 g/mol. The topological polar surface area (TPSA) is 64.1 Å². The van der Waals surface area contributed by atoms with Gasteiger partial charge in [0.2, 0.25) is 0 Å². The zero-order valence-electron chi connectivity index (χ0n) is 10.8. The van der Waals surface area contributed by atoms with Crippen molar-refractivity contribution in [2.75, 3.05) is 11.9 Å². The highest BCUT2D eigenvalue weighted by Gasteiger charge is 2.12. The second kappa shape index (κ2) is 6.29. The summed E-state index contributed by atoms with van der Waals surface area (Å²) in [5.41, 5.74) is 0.844. The number of nitrogens with zero attached hydrogens (tertiary/aromatic N) is 2. The van der Waals surface area contributed by atoms with Crippen molar-refractivity contribution in [3.05, 3.63) is 35.0 Å². The molecule has 0 aliphatic heterocycles. The standard InChI is InChI=1S/C13H15N3O2S/c1-3-18-12(17)8-10-9(2)15-13(19-10)16-11-6-4-5-7-14-11/h4-7H,3,8H2,1-2H3,(H,14,15,16). The maximum atomic E-state index is 11.5. The summed E-state index contributed by atoms with van der Waals surface area (Å²) < 4.78 is 4.94. The predicted molar refractivity (Wildman–Crippen MR) is 74.7 cm³/mol. The van der Waals surface area contributed by atoms with Crippen LogP contribution >= 0.6 is 11.3 Å². The number of aromatic nitrogens is 2. The van der Waals surface area contributed by atoms with Crippen LogP contribution in [0.5, 0.6) is 0 Å². The molecule has 0 fully saturated rings. The van der Waals surface area contributed by atoms with Gasteiger partial charge in [0.05, 0.1) is 18.7 Å². The van der Waals surface area contributed by atoms with Gasteiger partial charge in [-0.2, -0.15) is 0 Å². The van der Waals surface area contributed by atoms with E-state index in [1.165, 1.54) is 11.3 Å². The van der Waals surface area contributed by atoms with Crippen LogP contribution in [0.4, 0.5) is 10.9 Å². The van der Waals surface area contributed by atoms with Crippen molar-refractivity contribution in [3.63, 3.8) is 0 Å². The van der Waals surface area contributed by atoms with Gasteiger partial charge in [-0.3, -0.25) is 4.79 Å². The lowest BCUT2D eigenvalue weighted by Crippen LogP contribution is -2.07. The smallest absolute Gasteiger partial charge is 0.311 e. The quantitative estimate of drug-likeness (QED) is 0.851. The molecule has 0 amide bonds. The molecule has 2 aromatic heterocycles. The molecule has 19 heavy (non-hydrogen) atoms. The second-order valence-corrected chi connectivity index (χ2v) is 4.93. The number of ether oxygens (including phenoxy) is 1. The Kier molecular flexibility index (Phi) is 4.46. The summed E-state index contributed by atoms with van der Waals surface area (Å²) >= 11 is 1.45. The van der Waals surface area contributed by atoms with Crippen molar-refractivity contribution < 1.29 is 9.53 Å². The molecule has 0 bridgehead atoms. The highest BCUT2D eigenvalue weighted by Crippen LogP contribution is 2.25. The largest absolute Gasteiger partial charge is 0.466 e. The van der Waals surface area contributed by atoms with Crippen LogP contribution in [0.25, 0.3) is 0 Å². The van der Waals surface area contributed by atoms with Crippen LogP contribution in [0, 0.1) is 6.92 Å². The van der Waals surface area contributed by atoms with Gasteiger partial charge in [0.15, 0.2) is 5.13 Å². The van der Waals surface area contributed by atoms with Crippen LogP contribution in [0.2, 0.25) is 0 Å². The summed E-state index contributed by atoms with van der Waals surface area (Å²) in [6.45, 7) is 4.08. The number of carbonyl (C=O) groups excluding carboxylic acids is 1. The van der Waals surface area contributed by atoms with Crippen LogP contribution in [-0.2, 0) is 16.0 Å². The third kappa shape index (κ3) is 3.75. The molecule has 2 aromatic rings. The van der Waals surface area contributed by atoms with E-state index in [9.17, 15) is 4.79 Å². The van der Waals surface area contributed by atoms with Crippen LogP contribution in [-0.4, -0.2) is 22.5 Å². The van der Waals surface area contributed by atoms with Crippen molar-refractivity contribution in [3.8, 4) is 0 Å². The van der Waals surface area contributed by atoms with E-state index in [2.05, 4.69) is 15.3 Å². The molecule has 0 aromatic carbocycles. The zero-order chi connectivity index (χ0) is 13.7. The number of hydrogen-bond donors (Lipinski definition) is 1. The molecule has 0 saturated heterocycles. The molecule has 0 aliphatic rings. The second-order valence-electron chi connectivity index (χ2n) is 3.85. The molecule has 0 radical (unpaired) electrons. The number of esters is 1. The van der Waals surface area contributed by atoms with E-state index in [0.717, 1.165) is 21.5 Å². The number of aryl methyl sites for hydroxylation is 1. The Labute approximate surface area is 115 Å². The number of anilines is 2. The summed E-state index contributed by atoms with van der Waals surface area (Å²) in [6, 6.07) is 5.61. The van der Waals surface area contributed by atoms with Gasteiger partial charge < -0.3 is 10.1 Å². The number of pyridine rings is 1. The number of rotatable bonds is 5. The predicted octanol–water partition coefficient (Wildman–Crippen LogP) is 2.70. The normalized spacial score (nSPS) is 10.2. The Balaban J connectivity index is 2.06. The Morgan fingerprint density at radius 2 is 2.32 bits per heavy atom. The molecule has 5 nitrogen and oxygen atoms in total. The number of hydrogen-bond acceptors (Lipinski definition) is 6. The first-order valence-electron chi connectivity index (χ1n) is 5.99. The average Bonchev–Trinajstić information content (AvgIpc) is 2.71. The van der Waals surface area contributed by atoms with E-state index in [-0.39, 0.29) is 12.4 Å². The van der Waals surface area contributed by atoms with E-state index in [1.54, 1.807) is 13.1 Å². The first kappa shape index (κ1) is 13.5. The van der Waals surface area contributed by atoms with Gasteiger partial charge in [0, 0.05) is 11.1 Å². The lowest BCUT2D eigenvalue weighted by atomic mass is 10.3. The van der Waals surface area contributed by atoms with Gasteiger partial charge in [0.1, 0.15) is 5.82 Å². The number of thiazole rings is 1. The molecule has 0 saturated carbocycles. The third-order valence-corrected chi connectivity index (χ3v) is 3.48. The lowest BCUT2D eigenvalue weighted by molar-refractivity contribution is -0.142. The first-order valence-corrected chi connectivity index (χ1v) is 6.80. The molecule has 1 N–H and O–H groups in total. The maximum absolute atomic E-state index is 11.5. The minimum atomic E-state index is -0.223. The molecular formula is C13H15N3O2S. The molecule has 0 unspecified atom stereocenters. The molecule has 0 atom stereocenters. The van der Waals surface area contributed by atoms with E-state index in [1.807, 2.05) is 25.1 Å². The molecule has 0 aliphatic carbocycles. The highest BCUT2D eigenvalue weighted by atomic mass is 32.1. The monoisotopic (exact) mass is 277 g/mol. The van der Waals surface area contributed by atoms with Crippen molar-refractivity contribution in [2.45, 2.75) is 20.3 Å². The van der Waals surface area contributed by atoms with Crippen molar-refractivity contribution >= 4 is 28.3 Å². The minimum absolute atomic E-state index is 0.223. The molecule has 2 heterocycles. The van der Waals surface area contributed by atoms with Gasteiger partial charge in [-0.25, -0.2) is 9.97 Å². The van der Waals surface area contributed by atoms with Crippen LogP contribution < -0.4 is 5.32 Å². The van der Waals surface area contributed by atoms with Gasteiger partial charge in [-0.15, -0.1) is 11.3 Å². The minimum Gasteiger partial charge on any atom is -0.466 e.